The number of rotatable bonds is 4. The molecule has 3 nitrogen and oxygen atoms in total. The van der Waals surface area contributed by atoms with E-state index in [0.29, 0.717) is 28.0 Å². The summed E-state index contributed by atoms with van der Waals surface area (Å²) in [7, 11) is 0. The molecular formula is C16H12ClFN2O. The summed E-state index contributed by atoms with van der Waals surface area (Å²) in [6.45, 7) is 0. The first-order valence-electron chi connectivity index (χ1n) is 6.08. The van der Waals surface area contributed by atoms with E-state index in [0.717, 1.165) is 0 Å². The molecule has 2 aromatic rings. The van der Waals surface area contributed by atoms with Crippen LogP contribution in [0.5, 0.6) is 0 Å². The van der Waals surface area contributed by atoms with Gasteiger partial charge in [0.25, 0.3) is 0 Å². The molecule has 106 valence electrons. The minimum Gasteiger partial charge on any atom is -0.398 e. The normalized spacial score (nSPS) is 11.2. The average molecular weight is 303 g/mol. The maximum absolute atomic E-state index is 12.9. The molecule has 0 bridgehead atoms. The van der Waals surface area contributed by atoms with Crippen LogP contribution in [0.3, 0.4) is 0 Å². The molecule has 2 rings (SSSR count). The van der Waals surface area contributed by atoms with E-state index in [9.17, 15) is 9.18 Å². The van der Waals surface area contributed by atoms with Gasteiger partial charge < -0.3 is 11.1 Å². The molecule has 0 amide bonds. The SMILES string of the molecule is N=C(C=C(N)c1c(Cl)cccc1C=O)c1ccc(F)cc1. The van der Waals surface area contributed by atoms with Gasteiger partial charge in [-0.3, -0.25) is 4.79 Å². The van der Waals surface area contributed by atoms with E-state index >= 15 is 0 Å². The Morgan fingerprint density at radius 1 is 1.19 bits per heavy atom. The lowest BCUT2D eigenvalue weighted by molar-refractivity contribution is 0.112. The Hall–Kier alpha value is -2.46. The van der Waals surface area contributed by atoms with Crippen LogP contribution in [0.2, 0.25) is 5.02 Å². The lowest BCUT2D eigenvalue weighted by Crippen LogP contribution is -2.05. The second kappa shape index (κ2) is 6.33. The van der Waals surface area contributed by atoms with Crippen LogP contribution < -0.4 is 5.73 Å². The minimum absolute atomic E-state index is 0.101. The first kappa shape index (κ1) is 14.9. The van der Waals surface area contributed by atoms with Crippen LogP contribution in [0.4, 0.5) is 4.39 Å². The first-order chi connectivity index (χ1) is 10.0. The zero-order valence-corrected chi connectivity index (χ0v) is 11.7. The number of benzene rings is 2. The summed E-state index contributed by atoms with van der Waals surface area (Å²) in [6.07, 6.45) is 2.05. The monoisotopic (exact) mass is 302 g/mol. The molecule has 21 heavy (non-hydrogen) atoms. The van der Waals surface area contributed by atoms with Crippen LogP contribution in [-0.2, 0) is 0 Å². The third-order valence-electron chi connectivity index (χ3n) is 2.92. The van der Waals surface area contributed by atoms with Gasteiger partial charge in [-0.1, -0.05) is 23.7 Å². The number of nitrogens with two attached hydrogens (primary N) is 1. The van der Waals surface area contributed by atoms with Gasteiger partial charge in [0, 0.05) is 16.8 Å². The molecule has 0 heterocycles. The Kier molecular flexibility index (Phi) is 4.50. The van der Waals surface area contributed by atoms with E-state index in [2.05, 4.69) is 0 Å². The maximum atomic E-state index is 12.9. The quantitative estimate of drug-likeness (QED) is 0.668. The highest BCUT2D eigenvalue weighted by atomic mass is 35.5. The molecule has 0 saturated carbocycles. The number of hydrogen-bond acceptors (Lipinski definition) is 3. The number of allylic oxidation sites excluding steroid dienone is 1. The third-order valence-corrected chi connectivity index (χ3v) is 3.23. The standard InChI is InChI=1S/C16H12ClFN2O/c17-13-3-1-2-11(9-21)16(13)15(20)8-14(19)10-4-6-12(18)7-5-10/h1-9,19H,20H2. The summed E-state index contributed by atoms with van der Waals surface area (Å²) in [5.41, 5.74) is 7.50. The van der Waals surface area contributed by atoms with Crippen molar-refractivity contribution >= 4 is 29.3 Å². The smallest absolute Gasteiger partial charge is 0.150 e. The van der Waals surface area contributed by atoms with Crippen molar-refractivity contribution in [3.05, 3.63) is 76.1 Å². The Balaban J connectivity index is 2.39. The van der Waals surface area contributed by atoms with E-state index in [1.165, 1.54) is 30.3 Å². The number of halogens is 2. The molecule has 0 aliphatic carbocycles. The molecule has 0 aliphatic heterocycles. The number of nitrogens with one attached hydrogen (secondary N) is 1. The zero-order valence-electron chi connectivity index (χ0n) is 10.9. The molecule has 0 saturated heterocycles. The summed E-state index contributed by atoms with van der Waals surface area (Å²) < 4.78 is 12.9. The Morgan fingerprint density at radius 3 is 2.48 bits per heavy atom. The van der Waals surface area contributed by atoms with Crippen molar-refractivity contribution in [1.82, 2.24) is 0 Å². The van der Waals surface area contributed by atoms with E-state index in [1.54, 1.807) is 18.2 Å². The zero-order chi connectivity index (χ0) is 15.4. The Bertz CT molecular complexity index is 724. The predicted molar refractivity (Wildman–Crippen MR) is 82.2 cm³/mol. The summed E-state index contributed by atoms with van der Waals surface area (Å²) >= 11 is 6.05. The van der Waals surface area contributed by atoms with Crippen LogP contribution in [0, 0.1) is 11.2 Å². The lowest BCUT2D eigenvalue weighted by Gasteiger charge is -2.08. The van der Waals surface area contributed by atoms with Gasteiger partial charge in [0.05, 0.1) is 10.7 Å². The van der Waals surface area contributed by atoms with Crippen molar-refractivity contribution < 1.29 is 9.18 Å². The molecule has 2 aromatic carbocycles. The van der Waals surface area contributed by atoms with Crippen molar-refractivity contribution in [2.45, 2.75) is 0 Å². The fourth-order valence-corrected chi connectivity index (χ4v) is 2.17. The number of carbonyl (C=O) groups excluding carboxylic acids is 1. The molecule has 0 fully saturated rings. The van der Waals surface area contributed by atoms with Gasteiger partial charge >= 0.3 is 0 Å². The van der Waals surface area contributed by atoms with Crippen LogP contribution in [0.25, 0.3) is 5.70 Å². The average Bonchev–Trinajstić information content (AvgIpc) is 2.47. The second-order valence-electron chi connectivity index (χ2n) is 4.34. The molecule has 5 heteroatoms. The van der Waals surface area contributed by atoms with Gasteiger partial charge in [-0.25, -0.2) is 4.39 Å². The second-order valence-corrected chi connectivity index (χ2v) is 4.75. The van der Waals surface area contributed by atoms with Gasteiger partial charge in [0.1, 0.15) is 5.82 Å². The van der Waals surface area contributed by atoms with E-state index in [1.807, 2.05) is 0 Å². The summed E-state index contributed by atoms with van der Waals surface area (Å²) in [4.78, 5) is 11.0. The van der Waals surface area contributed by atoms with Crippen molar-refractivity contribution in [3.8, 4) is 0 Å². The highest BCUT2D eigenvalue weighted by Crippen LogP contribution is 2.24. The van der Waals surface area contributed by atoms with Gasteiger partial charge in [-0.05, 0) is 42.0 Å². The molecule has 0 unspecified atom stereocenters. The Morgan fingerprint density at radius 2 is 1.86 bits per heavy atom. The topological polar surface area (TPSA) is 66.9 Å². The summed E-state index contributed by atoms with van der Waals surface area (Å²) in [5.74, 6) is -0.377. The van der Waals surface area contributed by atoms with Gasteiger partial charge in [-0.15, -0.1) is 0 Å². The maximum Gasteiger partial charge on any atom is 0.150 e. The van der Waals surface area contributed by atoms with Crippen LogP contribution in [0.1, 0.15) is 21.5 Å². The van der Waals surface area contributed by atoms with Crippen molar-refractivity contribution in [2.24, 2.45) is 5.73 Å². The fraction of sp³-hybridized carbons (Fsp3) is 0. The van der Waals surface area contributed by atoms with Crippen molar-refractivity contribution in [1.29, 1.82) is 5.41 Å². The summed E-state index contributed by atoms with van der Waals surface area (Å²) in [5, 5.41) is 8.30. The Labute approximate surface area is 126 Å². The highest BCUT2D eigenvalue weighted by Gasteiger charge is 2.10. The molecule has 0 spiro atoms. The van der Waals surface area contributed by atoms with Gasteiger partial charge in [0.2, 0.25) is 0 Å². The largest absolute Gasteiger partial charge is 0.398 e. The fourth-order valence-electron chi connectivity index (χ4n) is 1.88. The van der Waals surface area contributed by atoms with E-state index < -0.39 is 0 Å². The molecule has 3 N–H and O–H groups in total. The van der Waals surface area contributed by atoms with Crippen LogP contribution in [-0.4, -0.2) is 12.0 Å². The first-order valence-corrected chi connectivity index (χ1v) is 6.46. The van der Waals surface area contributed by atoms with Gasteiger partial charge in [-0.2, -0.15) is 0 Å². The van der Waals surface area contributed by atoms with Gasteiger partial charge in [0.15, 0.2) is 6.29 Å². The molecule has 0 aromatic heterocycles. The number of aldehydes is 1. The minimum atomic E-state index is -0.377. The summed E-state index contributed by atoms with van der Waals surface area (Å²) in [6, 6.07) is 10.3. The highest BCUT2D eigenvalue weighted by molar-refractivity contribution is 6.33. The molecule has 0 radical (unpaired) electrons. The van der Waals surface area contributed by atoms with E-state index in [4.69, 9.17) is 22.7 Å². The third kappa shape index (κ3) is 3.35. The van der Waals surface area contributed by atoms with Crippen molar-refractivity contribution in [3.63, 3.8) is 0 Å². The lowest BCUT2D eigenvalue weighted by atomic mass is 10.0. The van der Waals surface area contributed by atoms with E-state index in [-0.39, 0.29) is 17.2 Å². The van der Waals surface area contributed by atoms with Crippen molar-refractivity contribution in [2.75, 3.05) is 0 Å². The molecular weight excluding hydrogens is 291 g/mol. The number of hydrogen-bond donors (Lipinski definition) is 2. The van der Waals surface area contributed by atoms with Crippen LogP contribution >= 0.6 is 11.6 Å². The van der Waals surface area contributed by atoms with Crippen LogP contribution in [0.15, 0.2) is 48.5 Å². The molecule has 0 aliphatic rings. The predicted octanol–water partition coefficient (Wildman–Crippen LogP) is 3.66. The molecule has 0 atom stereocenters. The number of carbonyl (C=O) groups is 1.